The van der Waals surface area contributed by atoms with Gasteiger partial charge in [0, 0.05) is 29.6 Å². The van der Waals surface area contributed by atoms with Crippen LogP contribution in [-0.4, -0.2) is 10.9 Å². The molecule has 1 amide bonds. The number of hydrogen-bond donors (Lipinski definition) is 1. The van der Waals surface area contributed by atoms with Crippen molar-refractivity contribution in [2.75, 3.05) is 10.6 Å². The Hall–Kier alpha value is -2.40. The molecule has 5 heteroatoms. The third-order valence-electron chi connectivity index (χ3n) is 3.01. The average Bonchev–Trinajstić information content (AvgIpc) is 2.86. The van der Waals surface area contributed by atoms with Crippen LogP contribution in [0.25, 0.3) is 10.1 Å². The summed E-state index contributed by atoms with van der Waals surface area (Å²) in [7, 11) is 0. The second kappa shape index (κ2) is 4.94. The Morgan fingerprint density at radius 1 is 1.25 bits per heavy atom. The first-order chi connectivity index (χ1) is 9.65. The van der Waals surface area contributed by atoms with Gasteiger partial charge in [-0.1, -0.05) is 0 Å². The zero-order valence-electron chi connectivity index (χ0n) is 10.9. The molecule has 1 aromatic carbocycles. The first-order valence-electron chi connectivity index (χ1n) is 6.14. The van der Waals surface area contributed by atoms with Crippen molar-refractivity contribution in [2.24, 2.45) is 0 Å². The van der Waals surface area contributed by atoms with Crippen LogP contribution in [0, 0.1) is 0 Å². The Labute approximate surface area is 120 Å². The maximum absolute atomic E-state index is 12.0. The van der Waals surface area contributed by atoms with Gasteiger partial charge in [-0.2, -0.15) is 0 Å². The zero-order valence-corrected chi connectivity index (χ0v) is 11.7. The smallest absolute Gasteiger partial charge is 0.229 e. The first-order valence-corrected chi connectivity index (χ1v) is 7.02. The summed E-state index contributed by atoms with van der Waals surface area (Å²) < 4.78 is 1.19. The highest BCUT2D eigenvalue weighted by molar-refractivity contribution is 7.17. The summed E-state index contributed by atoms with van der Waals surface area (Å²) in [6.07, 6.45) is 1.60. The molecule has 2 heterocycles. The number of carbonyl (C=O) groups excluding carboxylic acids is 1. The zero-order chi connectivity index (χ0) is 14.1. The van der Waals surface area contributed by atoms with E-state index in [0.29, 0.717) is 11.5 Å². The highest BCUT2D eigenvalue weighted by atomic mass is 32.1. The minimum absolute atomic E-state index is 0.0994. The number of anilines is 3. The normalized spacial score (nSPS) is 10.7. The first kappa shape index (κ1) is 12.6. The van der Waals surface area contributed by atoms with E-state index in [-0.39, 0.29) is 5.91 Å². The van der Waals surface area contributed by atoms with Gasteiger partial charge < -0.3 is 5.73 Å². The molecule has 0 unspecified atom stereocenters. The van der Waals surface area contributed by atoms with Crippen molar-refractivity contribution in [3.05, 3.63) is 48.0 Å². The van der Waals surface area contributed by atoms with Crippen LogP contribution in [0.5, 0.6) is 0 Å². The number of aromatic nitrogens is 1. The molecule has 2 N–H and O–H groups in total. The molecule has 0 atom stereocenters. The van der Waals surface area contributed by atoms with Gasteiger partial charge in [0.05, 0.1) is 5.69 Å². The average molecular weight is 283 g/mol. The molecule has 100 valence electrons. The predicted molar refractivity (Wildman–Crippen MR) is 83.3 cm³/mol. The number of nitrogen functional groups attached to an aromatic ring is 1. The predicted octanol–water partition coefficient (Wildman–Crippen LogP) is 3.56. The molecule has 0 bridgehead atoms. The fourth-order valence-corrected chi connectivity index (χ4v) is 2.90. The van der Waals surface area contributed by atoms with Crippen LogP contribution in [0.1, 0.15) is 6.92 Å². The number of pyridine rings is 1. The monoisotopic (exact) mass is 283 g/mol. The largest absolute Gasteiger partial charge is 0.399 e. The molecule has 0 saturated carbocycles. The second-order valence-electron chi connectivity index (χ2n) is 4.44. The van der Waals surface area contributed by atoms with Gasteiger partial charge in [0.1, 0.15) is 5.82 Å². The van der Waals surface area contributed by atoms with E-state index >= 15 is 0 Å². The van der Waals surface area contributed by atoms with Gasteiger partial charge >= 0.3 is 0 Å². The van der Waals surface area contributed by atoms with E-state index in [1.54, 1.807) is 34.6 Å². The summed E-state index contributed by atoms with van der Waals surface area (Å²) in [4.78, 5) is 17.8. The summed E-state index contributed by atoms with van der Waals surface area (Å²) in [5, 5.41) is 3.15. The summed E-state index contributed by atoms with van der Waals surface area (Å²) >= 11 is 1.68. The molecule has 0 saturated heterocycles. The van der Waals surface area contributed by atoms with Crippen molar-refractivity contribution in [3.63, 3.8) is 0 Å². The fraction of sp³-hybridized carbons (Fsp3) is 0.0667. The van der Waals surface area contributed by atoms with Gasteiger partial charge in [-0.05, 0) is 41.1 Å². The lowest BCUT2D eigenvalue weighted by Crippen LogP contribution is -2.23. The maximum atomic E-state index is 12.0. The van der Waals surface area contributed by atoms with Gasteiger partial charge in [-0.15, -0.1) is 11.3 Å². The van der Waals surface area contributed by atoms with Crippen LogP contribution < -0.4 is 10.6 Å². The van der Waals surface area contributed by atoms with E-state index in [1.165, 1.54) is 11.6 Å². The minimum atomic E-state index is -0.0994. The quantitative estimate of drug-likeness (QED) is 0.782. The summed E-state index contributed by atoms with van der Waals surface area (Å²) in [5.74, 6) is 0.435. The Balaban J connectivity index is 2.12. The van der Waals surface area contributed by atoms with Gasteiger partial charge in [-0.3, -0.25) is 9.69 Å². The van der Waals surface area contributed by atoms with Gasteiger partial charge in [0.2, 0.25) is 5.91 Å². The molecular weight excluding hydrogens is 270 g/mol. The number of thiophene rings is 1. The van der Waals surface area contributed by atoms with E-state index < -0.39 is 0 Å². The molecule has 4 nitrogen and oxygen atoms in total. The van der Waals surface area contributed by atoms with Gasteiger partial charge in [0.25, 0.3) is 0 Å². The number of nitrogens with zero attached hydrogens (tertiary/aromatic N) is 2. The molecule has 2 aromatic heterocycles. The topological polar surface area (TPSA) is 59.2 Å². The van der Waals surface area contributed by atoms with Crippen LogP contribution in [0.2, 0.25) is 0 Å². The molecule has 0 radical (unpaired) electrons. The summed E-state index contributed by atoms with van der Waals surface area (Å²) in [6, 6.07) is 11.3. The Morgan fingerprint density at radius 3 is 2.85 bits per heavy atom. The number of carbonyl (C=O) groups is 1. The van der Waals surface area contributed by atoms with Gasteiger partial charge in [-0.25, -0.2) is 4.98 Å². The molecule has 0 aliphatic rings. The number of hydrogen-bond acceptors (Lipinski definition) is 4. The highest BCUT2D eigenvalue weighted by Crippen LogP contribution is 2.30. The molecule has 0 fully saturated rings. The minimum Gasteiger partial charge on any atom is -0.399 e. The number of benzene rings is 1. The fourth-order valence-electron chi connectivity index (χ4n) is 2.12. The van der Waals surface area contributed by atoms with Crippen molar-refractivity contribution in [3.8, 4) is 0 Å². The molecule has 0 aliphatic carbocycles. The van der Waals surface area contributed by atoms with E-state index in [0.717, 1.165) is 11.1 Å². The molecule has 3 rings (SSSR count). The van der Waals surface area contributed by atoms with Crippen LogP contribution >= 0.6 is 11.3 Å². The van der Waals surface area contributed by atoms with Crippen molar-refractivity contribution >= 4 is 44.5 Å². The lowest BCUT2D eigenvalue weighted by atomic mass is 10.2. The van der Waals surface area contributed by atoms with Gasteiger partial charge in [0.15, 0.2) is 0 Å². The van der Waals surface area contributed by atoms with Crippen molar-refractivity contribution in [1.29, 1.82) is 0 Å². The van der Waals surface area contributed by atoms with Crippen molar-refractivity contribution in [1.82, 2.24) is 4.98 Å². The maximum Gasteiger partial charge on any atom is 0.229 e. The number of amides is 1. The second-order valence-corrected chi connectivity index (χ2v) is 5.39. The van der Waals surface area contributed by atoms with E-state index in [9.17, 15) is 4.79 Å². The number of nitrogens with two attached hydrogens (primary N) is 1. The lowest BCUT2D eigenvalue weighted by Gasteiger charge is -2.20. The molecule has 0 spiro atoms. The molecular formula is C15H13N3OS. The van der Waals surface area contributed by atoms with Crippen LogP contribution in [0.4, 0.5) is 17.2 Å². The lowest BCUT2D eigenvalue weighted by molar-refractivity contribution is -0.115. The Kier molecular flexibility index (Phi) is 3.12. The molecule has 3 aromatic rings. The Morgan fingerprint density at radius 2 is 2.10 bits per heavy atom. The third kappa shape index (κ3) is 2.23. The standard InChI is InChI=1S/C15H13N3OS/c1-10(19)18(15-9-12(16)4-6-17-15)13-2-3-14-11(8-13)5-7-20-14/h2-9H,1H3,(H2,16,17). The van der Waals surface area contributed by atoms with Crippen LogP contribution in [0.3, 0.4) is 0 Å². The number of fused-ring (bicyclic) bond motifs is 1. The third-order valence-corrected chi connectivity index (χ3v) is 3.91. The van der Waals surface area contributed by atoms with Crippen molar-refractivity contribution in [2.45, 2.75) is 6.92 Å². The molecule has 20 heavy (non-hydrogen) atoms. The highest BCUT2D eigenvalue weighted by Gasteiger charge is 2.16. The van der Waals surface area contributed by atoms with Crippen LogP contribution in [-0.2, 0) is 4.79 Å². The van der Waals surface area contributed by atoms with E-state index in [4.69, 9.17) is 5.73 Å². The van der Waals surface area contributed by atoms with Crippen molar-refractivity contribution < 1.29 is 4.79 Å². The van der Waals surface area contributed by atoms with Crippen LogP contribution in [0.15, 0.2) is 48.0 Å². The number of rotatable bonds is 2. The summed E-state index contributed by atoms with van der Waals surface area (Å²) in [5.41, 5.74) is 7.15. The van der Waals surface area contributed by atoms with E-state index in [2.05, 4.69) is 4.98 Å². The van der Waals surface area contributed by atoms with E-state index in [1.807, 2.05) is 29.6 Å². The molecule has 0 aliphatic heterocycles. The summed E-state index contributed by atoms with van der Waals surface area (Å²) in [6.45, 7) is 1.52. The SMILES string of the molecule is CC(=O)N(c1ccc2sccc2c1)c1cc(N)ccn1. The Bertz CT molecular complexity index is 781.